The van der Waals surface area contributed by atoms with Crippen LogP contribution in [0.1, 0.15) is 32.6 Å². The molecule has 0 aliphatic heterocycles. The number of hydrogen-bond donors (Lipinski definition) is 3. The number of aliphatic carboxylic acids is 1. The maximum absolute atomic E-state index is 11.7. The molecule has 1 saturated carbocycles. The van der Waals surface area contributed by atoms with E-state index in [1.54, 1.807) is 0 Å². The molecule has 0 bridgehead atoms. The molecule has 110 valence electrons. The summed E-state index contributed by atoms with van der Waals surface area (Å²) in [7, 11) is 3.92. The number of hydrogen-bond acceptors (Lipinski definition) is 3. The van der Waals surface area contributed by atoms with E-state index in [0.29, 0.717) is 13.1 Å². The Kier molecular flexibility index (Phi) is 5.60. The summed E-state index contributed by atoms with van der Waals surface area (Å²) in [6, 6.07) is 0.0489. The average Bonchev–Trinajstić information content (AvgIpc) is 2.28. The Hall–Kier alpha value is -1.30. The van der Waals surface area contributed by atoms with E-state index < -0.39 is 5.97 Å². The fourth-order valence-electron chi connectivity index (χ4n) is 2.17. The average molecular weight is 271 g/mol. The lowest BCUT2D eigenvalue weighted by Crippen LogP contribution is -2.48. The molecule has 0 aromatic rings. The van der Waals surface area contributed by atoms with E-state index in [1.807, 2.05) is 25.9 Å². The summed E-state index contributed by atoms with van der Waals surface area (Å²) in [6.07, 6.45) is 2.96. The predicted octanol–water partition coefficient (Wildman–Crippen LogP) is 0.881. The van der Waals surface area contributed by atoms with Gasteiger partial charge in [0, 0.05) is 19.1 Å². The molecule has 0 aromatic carbocycles. The first-order valence-corrected chi connectivity index (χ1v) is 6.74. The summed E-state index contributed by atoms with van der Waals surface area (Å²) < 4.78 is 0. The van der Waals surface area contributed by atoms with Crippen molar-refractivity contribution in [3.63, 3.8) is 0 Å². The van der Waals surface area contributed by atoms with Crippen molar-refractivity contribution in [2.45, 2.75) is 38.6 Å². The highest BCUT2D eigenvalue weighted by Crippen LogP contribution is 2.43. The van der Waals surface area contributed by atoms with Crippen LogP contribution in [0.2, 0.25) is 0 Å². The highest BCUT2D eigenvalue weighted by molar-refractivity contribution is 5.74. The SMILES string of the molecule is CC(CNC(=O)NCC1(CC(=O)O)CCC1)N(C)C. The van der Waals surface area contributed by atoms with Crippen molar-refractivity contribution < 1.29 is 14.7 Å². The number of nitrogens with one attached hydrogen (secondary N) is 2. The van der Waals surface area contributed by atoms with E-state index in [-0.39, 0.29) is 23.9 Å². The van der Waals surface area contributed by atoms with Crippen LogP contribution in [0, 0.1) is 5.41 Å². The van der Waals surface area contributed by atoms with Gasteiger partial charge in [-0.2, -0.15) is 0 Å². The Morgan fingerprint density at radius 3 is 2.37 bits per heavy atom. The zero-order chi connectivity index (χ0) is 14.5. The quantitative estimate of drug-likeness (QED) is 0.642. The number of amides is 2. The standard InChI is InChI=1S/C13H25N3O3/c1-10(16(2)3)8-14-12(19)15-9-13(5-4-6-13)7-11(17)18/h10H,4-9H2,1-3H3,(H,17,18)(H2,14,15,19). The summed E-state index contributed by atoms with van der Waals surface area (Å²) in [4.78, 5) is 24.5. The monoisotopic (exact) mass is 271 g/mol. The predicted molar refractivity (Wildman–Crippen MR) is 73.1 cm³/mol. The largest absolute Gasteiger partial charge is 0.481 e. The highest BCUT2D eigenvalue weighted by atomic mass is 16.4. The van der Waals surface area contributed by atoms with Crippen molar-refractivity contribution >= 4 is 12.0 Å². The molecule has 3 N–H and O–H groups in total. The van der Waals surface area contributed by atoms with Gasteiger partial charge in [0.15, 0.2) is 0 Å². The second-order valence-corrected chi connectivity index (χ2v) is 5.80. The second kappa shape index (κ2) is 6.75. The van der Waals surface area contributed by atoms with Crippen LogP contribution < -0.4 is 10.6 Å². The lowest BCUT2D eigenvalue weighted by Gasteiger charge is -2.40. The van der Waals surface area contributed by atoms with Crippen LogP contribution in [0.15, 0.2) is 0 Å². The number of carboxylic acids is 1. The highest BCUT2D eigenvalue weighted by Gasteiger charge is 2.39. The maximum Gasteiger partial charge on any atom is 0.314 e. The lowest BCUT2D eigenvalue weighted by atomic mass is 9.66. The molecule has 19 heavy (non-hydrogen) atoms. The van der Waals surface area contributed by atoms with E-state index in [4.69, 9.17) is 5.11 Å². The number of urea groups is 1. The van der Waals surface area contributed by atoms with Crippen molar-refractivity contribution in [1.82, 2.24) is 15.5 Å². The van der Waals surface area contributed by atoms with Crippen LogP contribution in [-0.2, 0) is 4.79 Å². The van der Waals surface area contributed by atoms with Crippen molar-refractivity contribution in [2.24, 2.45) is 5.41 Å². The summed E-state index contributed by atoms with van der Waals surface area (Å²) in [6.45, 7) is 3.05. The van der Waals surface area contributed by atoms with Gasteiger partial charge in [-0.1, -0.05) is 6.42 Å². The van der Waals surface area contributed by atoms with Crippen molar-refractivity contribution in [3.8, 4) is 0 Å². The Labute approximate surface area is 114 Å². The molecule has 6 heteroatoms. The first-order valence-electron chi connectivity index (χ1n) is 6.74. The third-order valence-electron chi connectivity index (χ3n) is 4.00. The van der Waals surface area contributed by atoms with Crippen molar-refractivity contribution in [1.29, 1.82) is 0 Å². The molecule has 6 nitrogen and oxygen atoms in total. The van der Waals surface area contributed by atoms with Crippen LogP contribution in [0.3, 0.4) is 0 Å². The molecule has 0 heterocycles. The summed E-state index contributed by atoms with van der Waals surface area (Å²) in [5.74, 6) is -0.789. The smallest absolute Gasteiger partial charge is 0.314 e. The van der Waals surface area contributed by atoms with Crippen LogP contribution in [0.25, 0.3) is 0 Å². The zero-order valence-corrected chi connectivity index (χ0v) is 12.0. The van der Waals surface area contributed by atoms with Gasteiger partial charge in [-0.25, -0.2) is 4.79 Å². The lowest BCUT2D eigenvalue weighted by molar-refractivity contribution is -0.141. The van der Waals surface area contributed by atoms with Gasteiger partial charge >= 0.3 is 12.0 Å². The molecule has 1 aliphatic rings. The molecule has 0 aromatic heterocycles. The minimum Gasteiger partial charge on any atom is -0.481 e. The number of carboxylic acid groups (broad SMARTS) is 1. The van der Waals surface area contributed by atoms with E-state index in [0.717, 1.165) is 19.3 Å². The van der Waals surface area contributed by atoms with Crippen LogP contribution >= 0.6 is 0 Å². The topological polar surface area (TPSA) is 81.7 Å². The number of carbonyl (C=O) groups is 2. The zero-order valence-electron chi connectivity index (χ0n) is 12.0. The van der Waals surface area contributed by atoms with Gasteiger partial charge in [0.25, 0.3) is 0 Å². The van der Waals surface area contributed by atoms with Gasteiger partial charge in [-0.15, -0.1) is 0 Å². The van der Waals surface area contributed by atoms with Gasteiger partial charge in [-0.05, 0) is 39.3 Å². The third kappa shape index (κ3) is 5.06. The van der Waals surface area contributed by atoms with E-state index in [9.17, 15) is 9.59 Å². The molecule has 1 aliphatic carbocycles. The van der Waals surface area contributed by atoms with Crippen LogP contribution in [0.5, 0.6) is 0 Å². The van der Waals surface area contributed by atoms with E-state index >= 15 is 0 Å². The third-order valence-corrected chi connectivity index (χ3v) is 4.00. The number of rotatable bonds is 7. The Balaban J connectivity index is 2.27. The normalized spacial score (nSPS) is 18.5. The van der Waals surface area contributed by atoms with Gasteiger partial charge in [-0.3, -0.25) is 4.79 Å². The molecule has 0 radical (unpaired) electrons. The molecule has 1 atom stereocenters. The van der Waals surface area contributed by atoms with Gasteiger partial charge in [0.1, 0.15) is 0 Å². The van der Waals surface area contributed by atoms with Crippen LogP contribution in [-0.4, -0.2) is 55.2 Å². The second-order valence-electron chi connectivity index (χ2n) is 5.80. The molecule has 0 spiro atoms. The molecule has 1 unspecified atom stereocenters. The minimum atomic E-state index is -0.789. The number of carbonyl (C=O) groups excluding carboxylic acids is 1. The summed E-state index contributed by atoms with van der Waals surface area (Å²) >= 11 is 0. The van der Waals surface area contributed by atoms with Crippen molar-refractivity contribution in [3.05, 3.63) is 0 Å². The Morgan fingerprint density at radius 2 is 1.95 bits per heavy atom. The fourth-order valence-corrected chi connectivity index (χ4v) is 2.17. The number of nitrogens with zero attached hydrogens (tertiary/aromatic N) is 1. The van der Waals surface area contributed by atoms with E-state index in [1.165, 1.54) is 0 Å². The molecule has 2 amide bonds. The molecule has 1 rings (SSSR count). The van der Waals surface area contributed by atoms with Gasteiger partial charge in [0.2, 0.25) is 0 Å². The first-order chi connectivity index (χ1) is 8.84. The Bertz CT molecular complexity index is 327. The minimum absolute atomic E-state index is 0.140. The number of likely N-dealkylation sites (N-methyl/N-ethyl adjacent to an activating group) is 1. The molecular weight excluding hydrogens is 246 g/mol. The van der Waals surface area contributed by atoms with Gasteiger partial charge in [0.05, 0.1) is 6.42 Å². The molecular formula is C13H25N3O3. The van der Waals surface area contributed by atoms with Crippen molar-refractivity contribution in [2.75, 3.05) is 27.2 Å². The summed E-state index contributed by atoms with van der Waals surface area (Å²) in [5.41, 5.74) is -0.226. The maximum atomic E-state index is 11.7. The van der Waals surface area contributed by atoms with Crippen LogP contribution in [0.4, 0.5) is 4.79 Å². The first kappa shape index (κ1) is 15.8. The van der Waals surface area contributed by atoms with E-state index in [2.05, 4.69) is 10.6 Å². The summed E-state index contributed by atoms with van der Waals surface area (Å²) in [5, 5.41) is 14.5. The fraction of sp³-hybridized carbons (Fsp3) is 0.846. The molecule has 1 fully saturated rings. The Morgan fingerprint density at radius 1 is 1.32 bits per heavy atom. The van der Waals surface area contributed by atoms with Gasteiger partial charge < -0.3 is 20.6 Å². The molecule has 0 saturated heterocycles.